The van der Waals surface area contributed by atoms with Gasteiger partial charge in [-0.2, -0.15) is 0 Å². The molecule has 30 heavy (non-hydrogen) atoms. The molecule has 1 aliphatic heterocycles. The van der Waals surface area contributed by atoms with Gasteiger partial charge >= 0.3 is 0 Å². The number of piperazine rings is 1. The van der Waals surface area contributed by atoms with Crippen molar-refractivity contribution in [2.24, 2.45) is 0 Å². The Kier molecular flexibility index (Phi) is 7.64. The third-order valence-corrected chi connectivity index (χ3v) is 5.35. The van der Waals surface area contributed by atoms with Crippen molar-refractivity contribution < 1.29 is 14.3 Å². The van der Waals surface area contributed by atoms with E-state index < -0.39 is 0 Å². The van der Waals surface area contributed by atoms with Gasteiger partial charge in [-0.3, -0.25) is 14.5 Å². The summed E-state index contributed by atoms with van der Waals surface area (Å²) >= 11 is 3.31. The molecule has 0 saturated carbocycles. The molecule has 0 bridgehead atoms. The molecule has 1 aliphatic rings. The van der Waals surface area contributed by atoms with Crippen LogP contribution in [0.4, 0.5) is 11.5 Å². The van der Waals surface area contributed by atoms with Crippen molar-refractivity contribution in [1.29, 1.82) is 0 Å². The van der Waals surface area contributed by atoms with Crippen molar-refractivity contribution in [3.8, 4) is 5.75 Å². The van der Waals surface area contributed by atoms with Crippen LogP contribution in [-0.2, 0) is 9.59 Å². The molecule has 0 radical (unpaired) electrons. The maximum absolute atomic E-state index is 12.6. The first-order chi connectivity index (χ1) is 14.4. The molecule has 0 unspecified atom stereocenters. The summed E-state index contributed by atoms with van der Waals surface area (Å²) in [5.74, 6) is 1.14. The van der Waals surface area contributed by atoms with E-state index in [0.717, 1.165) is 29.0 Å². The Morgan fingerprint density at radius 3 is 2.40 bits per heavy atom. The highest BCUT2D eigenvalue weighted by molar-refractivity contribution is 9.10. The van der Waals surface area contributed by atoms with Crippen LogP contribution in [0, 0.1) is 0 Å². The lowest BCUT2D eigenvalue weighted by molar-refractivity contribution is -0.132. The number of aromatic nitrogens is 1. The van der Waals surface area contributed by atoms with Crippen LogP contribution in [0.2, 0.25) is 0 Å². The minimum Gasteiger partial charge on any atom is -0.497 e. The second kappa shape index (κ2) is 10.4. The fourth-order valence-corrected chi connectivity index (χ4v) is 3.51. The Morgan fingerprint density at radius 1 is 1.10 bits per heavy atom. The van der Waals surface area contributed by atoms with E-state index in [1.165, 1.54) is 0 Å². The third kappa shape index (κ3) is 6.17. The monoisotopic (exact) mass is 475 g/mol. The lowest BCUT2D eigenvalue weighted by Gasteiger charge is -2.36. The predicted octanol–water partition coefficient (Wildman–Crippen LogP) is 2.07. The summed E-state index contributed by atoms with van der Waals surface area (Å²) in [6.45, 7) is 3.19. The molecular weight excluding hydrogens is 450 g/mol. The number of methoxy groups -OCH3 is 1. The fourth-order valence-electron chi connectivity index (χ4n) is 3.27. The van der Waals surface area contributed by atoms with E-state index in [-0.39, 0.29) is 24.9 Å². The molecule has 1 aromatic heterocycles. The van der Waals surface area contributed by atoms with Gasteiger partial charge in [0.15, 0.2) is 0 Å². The second-order valence-electron chi connectivity index (χ2n) is 7.15. The zero-order valence-corrected chi connectivity index (χ0v) is 18.8. The third-order valence-electron chi connectivity index (χ3n) is 4.88. The summed E-state index contributed by atoms with van der Waals surface area (Å²) in [5.41, 5.74) is 1.12. The largest absolute Gasteiger partial charge is 0.497 e. The number of hydrogen-bond acceptors (Lipinski definition) is 6. The number of carbonyl (C=O) groups is 2. The van der Waals surface area contributed by atoms with Crippen molar-refractivity contribution in [2.75, 3.05) is 63.6 Å². The number of halogens is 1. The zero-order chi connectivity index (χ0) is 21.5. The van der Waals surface area contributed by atoms with Gasteiger partial charge in [0.05, 0.1) is 20.2 Å². The van der Waals surface area contributed by atoms with Gasteiger partial charge in [0.1, 0.15) is 11.6 Å². The van der Waals surface area contributed by atoms with E-state index in [2.05, 4.69) is 31.1 Å². The lowest BCUT2D eigenvalue weighted by atomic mass is 10.2. The number of pyridine rings is 1. The van der Waals surface area contributed by atoms with Crippen LogP contribution in [0.5, 0.6) is 5.75 Å². The Balaban J connectivity index is 1.42. The first-order valence-electron chi connectivity index (χ1n) is 9.71. The fraction of sp³-hybridized carbons (Fsp3) is 0.381. The summed E-state index contributed by atoms with van der Waals surface area (Å²) in [7, 11) is 3.41. The number of amides is 2. The van der Waals surface area contributed by atoms with E-state index in [9.17, 15) is 9.59 Å². The van der Waals surface area contributed by atoms with Crippen molar-refractivity contribution in [3.63, 3.8) is 0 Å². The number of nitrogens with zero attached hydrogens (tertiary/aromatic N) is 4. The topological polar surface area (TPSA) is 78.0 Å². The molecule has 1 saturated heterocycles. The normalized spacial score (nSPS) is 14.0. The smallest absolute Gasteiger partial charge is 0.239 e. The molecule has 1 aromatic carbocycles. The quantitative estimate of drug-likeness (QED) is 0.660. The average Bonchev–Trinajstić information content (AvgIpc) is 2.75. The molecule has 2 heterocycles. The molecule has 1 N–H and O–H groups in total. The highest BCUT2D eigenvalue weighted by Gasteiger charge is 2.22. The standard InChI is InChI=1S/C21H26BrN5O3/c1-25(14-20(28)24-19-8-3-16(22)13-23-19)15-21(29)27-11-9-26(10-12-27)17-4-6-18(30-2)7-5-17/h3-8,13H,9-12,14-15H2,1-2H3,(H,23,24,28). The van der Waals surface area contributed by atoms with Gasteiger partial charge < -0.3 is 19.9 Å². The van der Waals surface area contributed by atoms with Gasteiger partial charge in [-0.1, -0.05) is 0 Å². The van der Waals surface area contributed by atoms with Crippen molar-refractivity contribution in [3.05, 3.63) is 47.1 Å². The van der Waals surface area contributed by atoms with Crippen LogP contribution in [0.1, 0.15) is 0 Å². The molecular formula is C21H26BrN5O3. The van der Waals surface area contributed by atoms with Crippen LogP contribution >= 0.6 is 15.9 Å². The molecule has 0 spiro atoms. The molecule has 8 nitrogen and oxygen atoms in total. The highest BCUT2D eigenvalue weighted by atomic mass is 79.9. The zero-order valence-electron chi connectivity index (χ0n) is 17.2. The van der Waals surface area contributed by atoms with Crippen molar-refractivity contribution in [1.82, 2.24) is 14.8 Å². The Bertz CT molecular complexity index is 852. The van der Waals surface area contributed by atoms with Crippen LogP contribution < -0.4 is 15.0 Å². The van der Waals surface area contributed by atoms with Gasteiger partial charge in [0.25, 0.3) is 0 Å². The number of anilines is 2. The summed E-state index contributed by atoms with van der Waals surface area (Å²) in [6.07, 6.45) is 1.62. The number of nitrogens with one attached hydrogen (secondary N) is 1. The second-order valence-corrected chi connectivity index (χ2v) is 8.06. The minimum absolute atomic E-state index is 0.0291. The van der Waals surface area contributed by atoms with Gasteiger partial charge in [-0.25, -0.2) is 4.98 Å². The van der Waals surface area contributed by atoms with Gasteiger partial charge in [0.2, 0.25) is 11.8 Å². The summed E-state index contributed by atoms with van der Waals surface area (Å²) in [6, 6.07) is 11.5. The summed E-state index contributed by atoms with van der Waals surface area (Å²) in [4.78, 5) is 34.7. The molecule has 160 valence electrons. The van der Waals surface area contributed by atoms with E-state index in [1.807, 2.05) is 29.2 Å². The molecule has 0 aliphatic carbocycles. The van der Waals surface area contributed by atoms with Crippen molar-refractivity contribution in [2.45, 2.75) is 0 Å². The lowest BCUT2D eigenvalue weighted by Crippen LogP contribution is -2.51. The summed E-state index contributed by atoms with van der Waals surface area (Å²) < 4.78 is 6.04. The highest BCUT2D eigenvalue weighted by Crippen LogP contribution is 2.20. The molecule has 2 amide bonds. The molecule has 3 rings (SSSR count). The Hall–Kier alpha value is -2.65. The van der Waals surface area contributed by atoms with E-state index >= 15 is 0 Å². The van der Waals surface area contributed by atoms with Crippen LogP contribution in [-0.4, -0.2) is 80.0 Å². The van der Waals surface area contributed by atoms with Gasteiger partial charge in [0, 0.05) is 42.5 Å². The SMILES string of the molecule is COc1ccc(N2CCN(C(=O)CN(C)CC(=O)Nc3ccc(Br)cn3)CC2)cc1. The van der Waals surface area contributed by atoms with Gasteiger partial charge in [-0.05, 0) is 59.4 Å². The van der Waals surface area contributed by atoms with E-state index in [0.29, 0.717) is 18.9 Å². The van der Waals surface area contributed by atoms with Crippen LogP contribution in [0.15, 0.2) is 47.1 Å². The van der Waals surface area contributed by atoms with E-state index in [4.69, 9.17) is 4.74 Å². The number of hydrogen-bond donors (Lipinski definition) is 1. The number of likely N-dealkylation sites (N-methyl/N-ethyl adjacent to an activating group) is 1. The number of ether oxygens (including phenoxy) is 1. The molecule has 9 heteroatoms. The molecule has 2 aromatic rings. The average molecular weight is 476 g/mol. The maximum atomic E-state index is 12.6. The summed E-state index contributed by atoms with van der Waals surface area (Å²) in [5, 5.41) is 2.73. The minimum atomic E-state index is -0.204. The number of benzene rings is 1. The molecule has 0 atom stereocenters. The maximum Gasteiger partial charge on any atom is 0.239 e. The Labute approximate surface area is 184 Å². The van der Waals surface area contributed by atoms with Crippen LogP contribution in [0.3, 0.4) is 0 Å². The first kappa shape index (κ1) is 22.0. The van der Waals surface area contributed by atoms with E-state index in [1.54, 1.807) is 37.4 Å². The number of rotatable bonds is 7. The Morgan fingerprint density at radius 2 is 1.80 bits per heavy atom. The first-order valence-corrected chi connectivity index (χ1v) is 10.5. The predicted molar refractivity (Wildman–Crippen MR) is 120 cm³/mol. The van der Waals surface area contributed by atoms with Crippen LogP contribution in [0.25, 0.3) is 0 Å². The molecule has 1 fully saturated rings. The number of carbonyl (C=O) groups excluding carboxylic acids is 2. The van der Waals surface area contributed by atoms with Gasteiger partial charge in [-0.15, -0.1) is 0 Å². The van der Waals surface area contributed by atoms with Crippen molar-refractivity contribution >= 4 is 39.2 Å².